The number of ether oxygens (including phenoxy) is 1. The van der Waals surface area contributed by atoms with Gasteiger partial charge in [-0.2, -0.15) is 5.26 Å². The quantitative estimate of drug-likeness (QED) is 0.803. The van der Waals surface area contributed by atoms with Crippen LogP contribution in [0.1, 0.15) is 19.8 Å². The first-order valence-electron chi connectivity index (χ1n) is 6.15. The van der Waals surface area contributed by atoms with Crippen LogP contribution in [0.25, 0.3) is 0 Å². The van der Waals surface area contributed by atoms with Gasteiger partial charge in [0.1, 0.15) is 0 Å². The SMILES string of the molecule is CCOc1ccc(N(C)CC2(C#N)CC2)cc1F. The molecule has 3 nitrogen and oxygen atoms in total. The maximum Gasteiger partial charge on any atom is 0.167 e. The third-order valence-electron chi connectivity index (χ3n) is 3.29. The number of hydrogen-bond acceptors (Lipinski definition) is 3. The molecule has 0 atom stereocenters. The van der Waals surface area contributed by atoms with Crippen molar-refractivity contribution < 1.29 is 9.13 Å². The first-order chi connectivity index (χ1) is 8.60. The van der Waals surface area contributed by atoms with E-state index in [1.807, 2.05) is 24.9 Å². The molecule has 1 aromatic rings. The second-order valence-electron chi connectivity index (χ2n) is 4.80. The molecule has 0 aromatic heterocycles. The Morgan fingerprint density at radius 3 is 2.72 bits per heavy atom. The van der Waals surface area contributed by atoms with Gasteiger partial charge in [-0.3, -0.25) is 0 Å². The van der Waals surface area contributed by atoms with E-state index in [0.29, 0.717) is 13.2 Å². The number of hydrogen-bond donors (Lipinski definition) is 0. The fraction of sp³-hybridized carbons (Fsp3) is 0.500. The largest absolute Gasteiger partial charge is 0.491 e. The summed E-state index contributed by atoms with van der Waals surface area (Å²) in [5, 5.41) is 9.05. The molecule has 2 rings (SSSR count). The van der Waals surface area contributed by atoms with Crippen LogP contribution in [0.5, 0.6) is 5.75 Å². The van der Waals surface area contributed by atoms with Crippen molar-refractivity contribution in [1.29, 1.82) is 5.26 Å². The van der Waals surface area contributed by atoms with Gasteiger partial charge < -0.3 is 9.64 Å². The highest BCUT2D eigenvalue weighted by Crippen LogP contribution is 2.45. The van der Waals surface area contributed by atoms with Crippen molar-refractivity contribution in [3.05, 3.63) is 24.0 Å². The molecule has 0 saturated heterocycles. The van der Waals surface area contributed by atoms with E-state index < -0.39 is 0 Å². The summed E-state index contributed by atoms with van der Waals surface area (Å²) in [6, 6.07) is 7.25. The van der Waals surface area contributed by atoms with Crippen LogP contribution in [0.3, 0.4) is 0 Å². The molecule has 0 amide bonds. The summed E-state index contributed by atoms with van der Waals surface area (Å²) in [5.41, 5.74) is 0.557. The van der Waals surface area contributed by atoms with Gasteiger partial charge in [0, 0.05) is 25.3 Å². The summed E-state index contributed by atoms with van der Waals surface area (Å²) in [5.74, 6) is -0.0842. The zero-order valence-electron chi connectivity index (χ0n) is 10.7. The number of benzene rings is 1. The molecule has 96 valence electrons. The average molecular weight is 248 g/mol. The Bertz CT molecular complexity index is 477. The van der Waals surface area contributed by atoms with E-state index in [2.05, 4.69) is 6.07 Å². The smallest absolute Gasteiger partial charge is 0.167 e. The van der Waals surface area contributed by atoms with Crippen LogP contribution in [0.4, 0.5) is 10.1 Å². The van der Waals surface area contributed by atoms with Crippen molar-refractivity contribution in [2.75, 3.05) is 25.1 Å². The second kappa shape index (κ2) is 4.85. The number of nitriles is 1. The lowest BCUT2D eigenvalue weighted by atomic mass is 10.1. The molecule has 0 radical (unpaired) electrons. The first-order valence-corrected chi connectivity index (χ1v) is 6.15. The summed E-state index contributed by atoms with van der Waals surface area (Å²) in [4.78, 5) is 1.93. The van der Waals surface area contributed by atoms with Crippen molar-refractivity contribution in [3.8, 4) is 11.8 Å². The summed E-state index contributed by atoms with van der Waals surface area (Å²) in [6.07, 6.45) is 1.88. The van der Waals surface area contributed by atoms with Crippen molar-refractivity contribution in [1.82, 2.24) is 0 Å². The molecule has 4 heteroatoms. The monoisotopic (exact) mass is 248 g/mol. The van der Waals surface area contributed by atoms with Crippen LogP contribution >= 0.6 is 0 Å². The Kier molecular flexibility index (Phi) is 3.42. The Morgan fingerprint density at radius 2 is 2.22 bits per heavy atom. The highest BCUT2D eigenvalue weighted by atomic mass is 19.1. The predicted octanol–water partition coefficient (Wildman–Crippen LogP) is 2.96. The van der Waals surface area contributed by atoms with Gasteiger partial charge in [0.15, 0.2) is 11.6 Å². The van der Waals surface area contributed by atoms with E-state index in [0.717, 1.165) is 18.5 Å². The van der Waals surface area contributed by atoms with Crippen LogP contribution in [-0.2, 0) is 0 Å². The van der Waals surface area contributed by atoms with E-state index in [1.165, 1.54) is 6.07 Å². The van der Waals surface area contributed by atoms with Crippen LogP contribution in [0.2, 0.25) is 0 Å². The molecule has 0 heterocycles. The fourth-order valence-electron chi connectivity index (χ4n) is 2.00. The molecular weight excluding hydrogens is 231 g/mol. The van der Waals surface area contributed by atoms with Gasteiger partial charge >= 0.3 is 0 Å². The molecule has 1 fully saturated rings. The molecule has 18 heavy (non-hydrogen) atoms. The minimum absolute atomic E-state index is 0.218. The molecule has 1 aliphatic rings. The topological polar surface area (TPSA) is 36.3 Å². The minimum Gasteiger partial charge on any atom is -0.491 e. The molecule has 0 N–H and O–H groups in total. The highest BCUT2D eigenvalue weighted by molar-refractivity contribution is 5.50. The minimum atomic E-state index is -0.358. The average Bonchev–Trinajstić information content (AvgIpc) is 3.12. The number of nitrogens with zero attached hydrogens (tertiary/aromatic N) is 2. The summed E-state index contributed by atoms with van der Waals surface area (Å²) in [7, 11) is 1.88. The van der Waals surface area contributed by atoms with E-state index in [4.69, 9.17) is 10.00 Å². The Balaban J connectivity index is 2.09. The predicted molar refractivity (Wildman–Crippen MR) is 68.1 cm³/mol. The number of halogens is 1. The molecule has 0 spiro atoms. The summed E-state index contributed by atoms with van der Waals surface area (Å²) >= 11 is 0. The van der Waals surface area contributed by atoms with Crippen molar-refractivity contribution in [2.24, 2.45) is 5.41 Å². The third kappa shape index (κ3) is 2.56. The van der Waals surface area contributed by atoms with Crippen molar-refractivity contribution in [2.45, 2.75) is 19.8 Å². The van der Waals surface area contributed by atoms with Crippen LogP contribution in [0, 0.1) is 22.6 Å². The Labute approximate surface area is 107 Å². The van der Waals surface area contributed by atoms with E-state index in [1.54, 1.807) is 6.07 Å². The third-order valence-corrected chi connectivity index (χ3v) is 3.29. The van der Waals surface area contributed by atoms with Crippen LogP contribution < -0.4 is 9.64 Å². The molecule has 0 unspecified atom stereocenters. The summed E-state index contributed by atoms with van der Waals surface area (Å²) < 4.78 is 18.9. The van der Waals surface area contributed by atoms with Gasteiger partial charge in [0.2, 0.25) is 0 Å². The maximum absolute atomic E-state index is 13.7. The van der Waals surface area contributed by atoms with Gasteiger partial charge in [-0.15, -0.1) is 0 Å². The normalized spacial score (nSPS) is 15.9. The molecule has 1 saturated carbocycles. The Morgan fingerprint density at radius 1 is 1.50 bits per heavy atom. The lowest BCUT2D eigenvalue weighted by Gasteiger charge is -2.22. The number of rotatable bonds is 5. The van der Waals surface area contributed by atoms with E-state index in [9.17, 15) is 4.39 Å². The van der Waals surface area contributed by atoms with Crippen molar-refractivity contribution >= 4 is 5.69 Å². The molecule has 0 bridgehead atoms. The standard InChI is InChI=1S/C14H17FN2O/c1-3-18-13-5-4-11(8-12(13)15)17(2)10-14(9-16)6-7-14/h4-5,8H,3,6-7,10H2,1-2H3. The van der Waals surface area contributed by atoms with Crippen molar-refractivity contribution in [3.63, 3.8) is 0 Å². The molecule has 1 aromatic carbocycles. The Hall–Kier alpha value is -1.76. The van der Waals surface area contributed by atoms with Gasteiger partial charge in [-0.25, -0.2) is 4.39 Å². The van der Waals surface area contributed by atoms with Gasteiger partial charge in [-0.05, 0) is 31.9 Å². The highest BCUT2D eigenvalue weighted by Gasteiger charge is 2.44. The molecular formula is C14H17FN2O. The maximum atomic E-state index is 13.7. The second-order valence-corrected chi connectivity index (χ2v) is 4.80. The van der Waals surface area contributed by atoms with E-state index in [-0.39, 0.29) is 17.0 Å². The number of anilines is 1. The summed E-state index contributed by atoms with van der Waals surface area (Å²) in [6.45, 7) is 2.92. The van der Waals surface area contributed by atoms with Gasteiger partial charge in [0.25, 0.3) is 0 Å². The van der Waals surface area contributed by atoms with Gasteiger partial charge in [-0.1, -0.05) is 0 Å². The van der Waals surface area contributed by atoms with Crippen LogP contribution in [-0.4, -0.2) is 20.2 Å². The zero-order chi connectivity index (χ0) is 13.2. The first kappa shape index (κ1) is 12.7. The molecule has 0 aliphatic heterocycles. The fourth-order valence-corrected chi connectivity index (χ4v) is 2.00. The zero-order valence-corrected chi connectivity index (χ0v) is 10.7. The lowest BCUT2D eigenvalue weighted by Crippen LogP contribution is -2.25. The van der Waals surface area contributed by atoms with E-state index >= 15 is 0 Å². The van der Waals surface area contributed by atoms with Gasteiger partial charge in [0.05, 0.1) is 18.1 Å². The molecule has 1 aliphatic carbocycles. The van der Waals surface area contributed by atoms with Crippen LogP contribution in [0.15, 0.2) is 18.2 Å². The lowest BCUT2D eigenvalue weighted by molar-refractivity contribution is 0.321.